The van der Waals surface area contributed by atoms with Crippen molar-refractivity contribution in [2.24, 2.45) is 0 Å². The summed E-state index contributed by atoms with van der Waals surface area (Å²) in [6.45, 7) is 5.68. The summed E-state index contributed by atoms with van der Waals surface area (Å²) >= 11 is 3.29. The van der Waals surface area contributed by atoms with E-state index in [9.17, 15) is 13.2 Å². The predicted octanol–water partition coefficient (Wildman–Crippen LogP) is 4.52. The molecule has 1 aromatic rings. The minimum Gasteiger partial charge on any atom is -0.406 e. The molecule has 1 atom stereocenters. The van der Waals surface area contributed by atoms with Crippen LogP contribution in [0.5, 0.6) is 5.75 Å². The van der Waals surface area contributed by atoms with Gasteiger partial charge in [-0.15, -0.1) is 25.6 Å². The monoisotopic (exact) mass is 416 g/mol. The van der Waals surface area contributed by atoms with E-state index in [-0.39, 0.29) is 24.2 Å². The van der Waals surface area contributed by atoms with Gasteiger partial charge in [-0.1, -0.05) is 29.3 Å². The van der Waals surface area contributed by atoms with Gasteiger partial charge in [0.05, 0.1) is 0 Å². The standard InChI is InChI=1S/C15H20BrF3N2O.ClH/c1-2-3-14(21-6-4-20-5-7-21)11-8-12(16)10-13(9-11)22-15(17,18)19;/h8-10,14,20H,2-7H2,1H3;1H/t14-;/m0./s1. The van der Waals surface area contributed by atoms with E-state index in [0.717, 1.165) is 44.6 Å². The number of benzene rings is 1. The van der Waals surface area contributed by atoms with Gasteiger partial charge in [-0.25, -0.2) is 0 Å². The van der Waals surface area contributed by atoms with Gasteiger partial charge in [-0.2, -0.15) is 0 Å². The molecule has 1 heterocycles. The second kappa shape index (κ2) is 9.11. The lowest BCUT2D eigenvalue weighted by Gasteiger charge is -2.35. The summed E-state index contributed by atoms with van der Waals surface area (Å²) in [7, 11) is 0. The van der Waals surface area contributed by atoms with Crippen molar-refractivity contribution in [2.45, 2.75) is 32.2 Å². The highest BCUT2D eigenvalue weighted by Crippen LogP contribution is 2.33. The maximum atomic E-state index is 12.5. The summed E-state index contributed by atoms with van der Waals surface area (Å²) in [5.41, 5.74) is 0.859. The Morgan fingerprint density at radius 2 is 1.91 bits per heavy atom. The average molecular weight is 418 g/mol. The van der Waals surface area contributed by atoms with Crippen molar-refractivity contribution in [1.29, 1.82) is 0 Å². The molecule has 1 fully saturated rings. The number of nitrogens with zero attached hydrogens (tertiary/aromatic N) is 1. The molecule has 1 saturated heterocycles. The van der Waals surface area contributed by atoms with E-state index in [4.69, 9.17) is 0 Å². The van der Waals surface area contributed by atoms with Gasteiger partial charge < -0.3 is 10.1 Å². The molecule has 0 saturated carbocycles. The Kier molecular flexibility index (Phi) is 8.13. The van der Waals surface area contributed by atoms with Gasteiger partial charge in [0, 0.05) is 36.7 Å². The number of nitrogens with one attached hydrogen (secondary N) is 1. The Hall–Kier alpha value is -0.500. The summed E-state index contributed by atoms with van der Waals surface area (Å²) in [6.07, 6.45) is -2.80. The first-order valence-electron chi connectivity index (χ1n) is 7.40. The zero-order chi connectivity index (χ0) is 16.2. The molecule has 23 heavy (non-hydrogen) atoms. The topological polar surface area (TPSA) is 24.5 Å². The van der Waals surface area contributed by atoms with E-state index >= 15 is 0 Å². The third-order valence-corrected chi connectivity index (χ3v) is 4.12. The highest BCUT2D eigenvalue weighted by molar-refractivity contribution is 9.10. The quantitative estimate of drug-likeness (QED) is 0.762. The number of piperazine rings is 1. The fourth-order valence-corrected chi connectivity index (χ4v) is 3.29. The van der Waals surface area contributed by atoms with Gasteiger partial charge in [0.2, 0.25) is 0 Å². The maximum Gasteiger partial charge on any atom is 0.573 e. The summed E-state index contributed by atoms with van der Waals surface area (Å²) in [6, 6.07) is 4.84. The number of rotatable bonds is 5. The average Bonchev–Trinajstić information content (AvgIpc) is 2.43. The highest BCUT2D eigenvalue weighted by atomic mass is 79.9. The molecule has 0 spiro atoms. The second-order valence-corrected chi connectivity index (χ2v) is 6.27. The van der Waals surface area contributed by atoms with Gasteiger partial charge in [0.25, 0.3) is 0 Å². The Balaban J connectivity index is 0.00000264. The maximum absolute atomic E-state index is 12.5. The van der Waals surface area contributed by atoms with Crippen LogP contribution >= 0.6 is 28.3 Å². The number of hydrogen-bond acceptors (Lipinski definition) is 3. The van der Waals surface area contributed by atoms with Crippen LogP contribution in [0.25, 0.3) is 0 Å². The van der Waals surface area contributed by atoms with E-state index in [1.165, 1.54) is 12.1 Å². The first kappa shape index (κ1) is 20.5. The first-order chi connectivity index (χ1) is 10.4. The molecule has 0 radical (unpaired) electrons. The van der Waals surface area contributed by atoms with Gasteiger partial charge in [0.15, 0.2) is 0 Å². The van der Waals surface area contributed by atoms with Gasteiger partial charge >= 0.3 is 6.36 Å². The van der Waals surface area contributed by atoms with Crippen LogP contribution in [0.2, 0.25) is 0 Å². The second-order valence-electron chi connectivity index (χ2n) is 5.36. The third-order valence-electron chi connectivity index (χ3n) is 3.67. The first-order valence-corrected chi connectivity index (χ1v) is 8.19. The van der Waals surface area contributed by atoms with Crippen LogP contribution in [0.15, 0.2) is 22.7 Å². The molecule has 3 nitrogen and oxygen atoms in total. The van der Waals surface area contributed by atoms with Crippen molar-refractivity contribution < 1.29 is 17.9 Å². The van der Waals surface area contributed by atoms with Crippen LogP contribution in [-0.2, 0) is 0 Å². The number of hydrogen-bond donors (Lipinski definition) is 1. The van der Waals surface area contributed by atoms with Crippen LogP contribution in [0.3, 0.4) is 0 Å². The Labute approximate surface area is 149 Å². The molecule has 0 aromatic heterocycles. The Morgan fingerprint density at radius 1 is 1.26 bits per heavy atom. The van der Waals surface area contributed by atoms with Crippen LogP contribution in [0, 0.1) is 0 Å². The van der Waals surface area contributed by atoms with Crippen molar-refractivity contribution >= 4 is 28.3 Å². The van der Waals surface area contributed by atoms with Crippen molar-refractivity contribution in [3.8, 4) is 5.75 Å². The molecular formula is C15H21BrClF3N2O. The molecule has 8 heteroatoms. The van der Waals surface area contributed by atoms with Crippen LogP contribution in [0.4, 0.5) is 13.2 Å². The molecular weight excluding hydrogens is 397 g/mol. The summed E-state index contributed by atoms with van der Waals surface area (Å²) in [5, 5.41) is 3.29. The molecule has 0 aliphatic carbocycles. The van der Waals surface area contributed by atoms with Crippen LogP contribution in [0.1, 0.15) is 31.4 Å². The minimum absolute atomic E-state index is 0. The lowest BCUT2D eigenvalue weighted by molar-refractivity contribution is -0.274. The summed E-state index contributed by atoms with van der Waals surface area (Å²) < 4.78 is 42.0. The summed E-state index contributed by atoms with van der Waals surface area (Å²) in [5.74, 6) is -0.173. The normalized spacial score (nSPS) is 17.4. The molecule has 0 amide bonds. The third kappa shape index (κ3) is 6.49. The molecule has 1 aliphatic heterocycles. The zero-order valence-corrected chi connectivity index (χ0v) is 15.2. The van der Waals surface area contributed by atoms with Gasteiger partial charge in [-0.3, -0.25) is 4.90 Å². The lowest BCUT2D eigenvalue weighted by Crippen LogP contribution is -2.45. The van der Waals surface area contributed by atoms with Gasteiger partial charge in [-0.05, 0) is 30.2 Å². The van der Waals surface area contributed by atoms with Gasteiger partial charge in [0.1, 0.15) is 5.75 Å². The summed E-state index contributed by atoms with van der Waals surface area (Å²) in [4.78, 5) is 2.32. The molecule has 1 aliphatic rings. The predicted molar refractivity (Wildman–Crippen MR) is 90.2 cm³/mol. The van der Waals surface area contributed by atoms with E-state index in [0.29, 0.717) is 4.47 Å². The molecule has 0 unspecified atom stereocenters. The molecule has 1 aromatic carbocycles. The number of ether oxygens (including phenoxy) is 1. The minimum atomic E-state index is -4.67. The largest absolute Gasteiger partial charge is 0.573 e. The fourth-order valence-electron chi connectivity index (χ4n) is 2.80. The Morgan fingerprint density at radius 3 is 2.48 bits per heavy atom. The van der Waals surface area contributed by atoms with Crippen molar-refractivity contribution in [1.82, 2.24) is 10.2 Å². The SMILES string of the molecule is CCC[C@@H](c1cc(Br)cc(OC(F)(F)F)c1)N1CCNCC1.Cl. The fraction of sp³-hybridized carbons (Fsp3) is 0.600. The zero-order valence-electron chi connectivity index (χ0n) is 12.8. The van der Waals surface area contributed by atoms with Crippen LogP contribution < -0.4 is 10.1 Å². The molecule has 132 valence electrons. The van der Waals surface area contributed by atoms with E-state index in [1.807, 2.05) is 6.07 Å². The van der Waals surface area contributed by atoms with E-state index in [2.05, 4.69) is 37.8 Å². The molecule has 1 N–H and O–H groups in total. The lowest BCUT2D eigenvalue weighted by atomic mass is 9.99. The number of halogens is 5. The van der Waals surface area contributed by atoms with Crippen molar-refractivity contribution in [3.05, 3.63) is 28.2 Å². The van der Waals surface area contributed by atoms with E-state index in [1.54, 1.807) is 0 Å². The molecule has 2 rings (SSSR count). The van der Waals surface area contributed by atoms with Crippen molar-refractivity contribution in [2.75, 3.05) is 26.2 Å². The van der Waals surface area contributed by atoms with Crippen LogP contribution in [-0.4, -0.2) is 37.4 Å². The number of alkyl halides is 3. The Bertz CT molecular complexity index is 496. The van der Waals surface area contributed by atoms with Crippen molar-refractivity contribution in [3.63, 3.8) is 0 Å². The smallest absolute Gasteiger partial charge is 0.406 e. The highest BCUT2D eigenvalue weighted by Gasteiger charge is 2.32. The van der Waals surface area contributed by atoms with E-state index < -0.39 is 6.36 Å². The molecule has 0 bridgehead atoms.